The number of imide groups is 1. The van der Waals surface area contributed by atoms with E-state index in [1.54, 1.807) is 0 Å². The van der Waals surface area contributed by atoms with Gasteiger partial charge in [0.25, 0.3) is 15.9 Å². The molecule has 0 bridgehead atoms. The minimum absolute atomic E-state index is 0.264. The van der Waals surface area contributed by atoms with Crippen molar-refractivity contribution in [1.29, 1.82) is 0 Å². The van der Waals surface area contributed by atoms with Crippen LogP contribution < -0.4 is 10.0 Å². The van der Waals surface area contributed by atoms with Crippen LogP contribution in [0.1, 0.15) is 6.42 Å². The standard InChI is InChI=1S/C8H7F3N4O4S2/c9-2-8(10,11)3-1-4(16)15(5(3)17)6-13-14-7(20-6)21(12,18)19/h3H,1-2H2,(H2,12,18,19). The number of halogens is 3. The van der Waals surface area contributed by atoms with E-state index in [9.17, 15) is 31.2 Å². The molecule has 1 aliphatic heterocycles. The first-order valence-corrected chi connectivity index (χ1v) is 7.61. The molecule has 1 aromatic heterocycles. The summed E-state index contributed by atoms with van der Waals surface area (Å²) in [7, 11) is -4.21. The number of rotatable bonds is 4. The Hall–Kier alpha value is -1.60. The predicted molar refractivity (Wildman–Crippen MR) is 62.8 cm³/mol. The monoisotopic (exact) mass is 344 g/mol. The fourth-order valence-electron chi connectivity index (χ4n) is 1.66. The molecule has 0 aliphatic carbocycles. The molecule has 0 radical (unpaired) electrons. The SMILES string of the molecule is NS(=O)(=O)c1nnc(N2C(=O)CC(C(F)(F)CF)C2=O)s1. The third-order valence-electron chi connectivity index (χ3n) is 2.67. The Balaban J connectivity index is 2.35. The number of hydrogen-bond donors (Lipinski definition) is 1. The van der Waals surface area contributed by atoms with Gasteiger partial charge in [-0.1, -0.05) is 11.3 Å². The van der Waals surface area contributed by atoms with Crippen molar-refractivity contribution in [2.75, 3.05) is 11.6 Å². The molecule has 2 rings (SSSR count). The van der Waals surface area contributed by atoms with Crippen LogP contribution in [-0.2, 0) is 19.6 Å². The van der Waals surface area contributed by atoms with E-state index in [0.29, 0.717) is 0 Å². The highest BCUT2D eigenvalue weighted by Crippen LogP contribution is 2.37. The number of hydrogen-bond acceptors (Lipinski definition) is 7. The lowest BCUT2D eigenvalue weighted by molar-refractivity contribution is -0.136. The molecule has 1 unspecified atom stereocenters. The summed E-state index contributed by atoms with van der Waals surface area (Å²) in [6.07, 6.45) is -0.903. The van der Waals surface area contributed by atoms with Crippen LogP contribution in [0.25, 0.3) is 0 Å². The Labute approximate surface area is 119 Å². The zero-order valence-electron chi connectivity index (χ0n) is 9.99. The molecular formula is C8H7F3N4O4S2. The molecule has 2 heterocycles. The summed E-state index contributed by atoms with van der Waals surface area (Å²) in [5.41, 5.74) is 0. The molecule has 0 aromatic carbocycles. The van der Waals surface area contributed by atoms with E-state index in [1.165, 1.54) is 0 Å². The van der Waals surface area contributed by atoms with E-state index in [2.05, 4.69) is 10.2 Å². The molecule has 13 heteroatoms. The number of carbonyl (C=O) groups excluding carboxylic acids is 2. The molecule has 1 saturated heterocycles. The van der Waals surface area contributed by atoms with Gasteiger partial charge in [0.2, 0.25) is 21.3 Å². The fourth-order valence-corrected chi connectivity index (χ4v) is 3.11. The van der Waals surface area contributed by atoms with Crippen molar-refractivity contribution in [3.05, 3.63) is 0 Å². The zero-order valence-corrected chi connectivity index (χ0v) is 11.6. The summed E-state index contributed by atoms with van der Waals surface area (Å²) in [6.45, 7) is -2.09. The zero-order chi connectivity index (χ0) is 16.0. The lowest BCUT2D eigenvalue weighted by Crippen LogP contribution is -2.38. The van der Waals surface area contributed by atoms with Gasteiger partial charge in [0.05, 0.1) is 0 Å². The van der Waals surface area contributed by atoms with Gasteiger partial charge < -0.3 is 0 Å². The van der Waals surface area contributed by atoms with Gasteiger partial charge in [-0.15, -0.1) is 10.2 Å². The van der Waals surface area contributed by atoms with Gasteiger partial charge in [0.1, 0.15) is 5.92 Å². The third-order valence-corrected chi connectivity index (χ3v) is 4.88. The number of nitrogens with two attached hydrogens (primary N) is 1. The number of alkyl halides is 3. The normalized spacial score (nSPS) is 20.4. The van der Waals surface area contributed by atoms with Crippen molar-refractivity contribution >= 4 is 38.3 Å². The first kappa shape index (κ1) is 15.8. The molecule has 0 saturated carbocycles. The predicted octanol–water partition coefficient (Wildman–Crippen LogP) is -0.330. The molecule has 2 N–H and O–H groups in total. The molecule has 1 aliphatic rings. The summed E-state index contributed by atoms with van der Waals surface area (Å²) in [5, 5.41) is 10.7. The topological polar surface area (TPSA) is 123 Å². The van der Waals surface area contributed by atoms with Crippen LogP contribution >= 0.6 is 11.3 Å². The first-order chi connectivity index (χ1) is 9.58. The molecule has 0 spiro atoms. The van der Waals surface area contributed by atoms with E-state index >= 15 is 0 Å². The quantitative estimate of drug-likeness (QED) is 0.589. The van der Waals surface area contributed by atoms with E-state index in [-0.39, 0.29) is 16.2 Å². The summed E-state index contributed by atoms with van der Waals surface area (Å²) in [5.74, 6) is -8.55. The number of sulfonamides is 1. The molecule has 1 fully saturated rings. The minimum atomic E-state index is -4.21. The average molecular weight is 344 g/mol. The Bertz CT molecular complexity index is 704. The second-order valence-electron chi connectivity index (χ2n) is 4.11. The third kappa shape index (κ3) is 2.75. The number of carbonyl (C=O) groups is 2. The van der Waals surface area contributed by atoms with Crippen molar-refractivity contribution in [1.82, 2.24) is 10.2 Å². The fraction of sp³-hybridized carbons (Fsp3) is 0.500. The van der Waals surface area contributed by atoms with Gasteiger partial charge in [0, 0.05) is 6.42 Å². The van der Waals surface area contributed by atoms with Crippen LogP contribution in [0.4, 0.5) is 18.3 Å². The van der Waals surface area contributed by atoms with Gasteiger partial charge in [0.15, 0.2) is 6.67 Å². The van der Waals surface area contributed by atoms with Crippen LogP contribution in [-0.4, -0.2) is 43.0 Å². The lowest BCUT2D eigenvalue weighted by Gasteiger charge is -2.17. The first-order valence-electron chi connectivity index (χ1n) is 5.25. The maximum absolute atomic E-state index is 13.2. The van der Waals surface area contributed by atoms with E-state index in [0.717, 1.165) is 0 Å². The molecule has 8 nitrogen and oxygen atoms in total. The average Bonchev–Trinajstić information content (AvgIpc) is 2.94. The number of aromatic nitrogens is 2. The maximum atomic E-state index is 13.2. The Morgan fingerprint density at radius 3 is 2.48 bits per heavy atom. The van der Waals surface area contributed by atoms with E-state index in [4.69, 9.17) is 5.14 Å². The van der Waals surface area contributed by atoms with E-state index < -0.39 is 56.2 Å². The van der Waals surface area contributed by atoms with Crippen molar-refractivity contribution in [3.8, 4) is 0 Å². The van der Waals surface area contributed by atoms with Crippen LogP contribution in [0, 0.1) is 5.92 Å². The minimum Gasteiger partial charge on any atom is -0.274 e. The van der Waals surface area contributed by atoms with Crippen LogP contribution in [0.2, 0.25) is 0 Å². The van der Waals surface area contributed by atoms with Gasteiger partial charge >= 0.3 is 0 Å². The number of amides is 2. The second-order valence-corrected chi connectivity index (χ2v) is 6.81. The smallest absolute Gasteiger partial charge is 0.274 e. The summed E-state index contributed by atoms with van der Waals surface area (Å²) in [6, 6.07) is 0. The largest absolute Gasteiger partial charge is 0.287 e. The van der Waals surface area contributed by atoms with Crippen molar-refractivity contribution in [2.24, 2.45) is 11.1 Å². The van der Waals surface area contributed by atoms with Crippen molar-refractivity contribution in [3.63, 3.8) is 0 Å². The maximum Gasteiger partial charge on any atom is 0.287 e. The summed E-state index contributed by atoms with van der Waals surface area (Å²) in [4.78, 5) is 23.7. The van der Waals surface area contributed by atoms with Crippen molar-refractivity contribution in [2.45, 2.75) is 16.7 Å². The second kappa shape index (κ2) is 4.99. The van der Waals surface area contributed by atoms with Gasteiger partial charge in [-0.3, -0.25) is 9.59 Å². The highest BCUT2D eigenvalue weighted by atomic mass is 32.2. The van der Waals surface area contributed by atoms with Gasteiger partial charge in [-0.2, -0.15) is 0 Å². The molecule has 1 aromatic rings. The number of primary sulfonamides is 1. The van der Waals surface area contributed by atoms with Crippen LogP contribution in [0.3, 0.4) is 0 Å². The highest BCUT2D eigenvalue weighted by molar-refractivity contribution is 7.91. The molecule has 21 heavy (non-hydrogen) atoms. The Kier molecular flexibility index (Phi) is 3.75. The Morgan fingerprint density at radius 1 is 1.38 bits per heavy atom. The van der Waals surface area contributed by atoms with Crippen LogP contribution in [0.15, 0.2) is 4.34 Å². The van der Waals surface area contributed by atoms with Crippen molar-refractivity contribution < 1.29 is 31.2 Å². The molecule has 116 valence electrons. The van der Waals surface area contributed by atoms with E-state index in [1.807, 2.05) is 0 Å². The Morgan fingerprint density at radius 2 is 2.00 bits per heavy atom. The lowest BCUT2D eigenvalue weighted by atomic mass is 10.0. The van der Waals surface area contributed by atoms with Gasteiger partial charge in [-0.25, -0.2) is 31.6 Å². The van der Waals surface area contributed by atoms with Crippen LogP contribution in [0.5, 0.6) is 0 Å². The molecule has 2 amide bonds. The number of anilines is 1. The highest BCUT2D eigenvalue weighted by Gasteiger charge is 2.54. The molecule has 1 atom stereocenters. The van der Waals surface area contributed by atoms with Gasteiger partial charge in [-0.05, 0) is 0 Å². The summed E-state index contributed by atoms with van der Waals surface area (Å²) < 4.78 is 60.1. The molecular weight excluding hydrogens is 337 g/mol. The summed E-state index contributed by atoms with van der Waals surface area (Å²) >= 11 is 0.275. The number of nitrogens with zero attached hydrogens (tertiary/aromatic N) is 3.